The summed E-state index contributed by atoms with van der Waals surface area (Å²) in [5.41, 5.74) is 4.15. The molecule has 130 valence electrons. The lowest BCUT2D eigenvalue weighted by Crippen LogP contribution is -2.25. The van der Waals surface area contributed by atoms with Crippen LogP contribution in [0.4, 0.5) is 5.69 Å². The molecule has 26 heavy (non-hydrogen) atoms. The van der Waals surface area contributed by atoms with Gasteiger partial charge in [-0.05, 0) is 41.8 Å². The highest BCUT2D eigenvalue weighted by atomic mass is 16.3. The lowest BCUT2D eigenvalue weighted by Gasteiger charge is -2.21. The van der Waals surface area contributed by atoms with E-state index in [0.29, 0.717) is 6.54 Å². The van der Waals surface area contributed by atoms with Crippen molar-refractivity contribution in [1.29, 1.82) is 10.5 Å². The Hall–Kier alpha value is -3.34. The number of benzene rings is 2. The zero-order valence-corrected chi connectivity index (χ0v) is 14.8. The normalized spacial score (nSPS) is 10.2. The molecule has 0 spiro atoms. The van der Waals surface area contributed by atoms with Crippen LogP contribution in [0, 0.1) is 22.7 Å². The minimum absolute atomic E-state index is 0.0932. The molecule has 2 rings (SSSR count). The topological polar surface area (TPSA) is 71.0 Å². The number of likely N-dealkylation sites (N-methyl/N-ethyl adjacent to an activating group) is 1. The molecule has 0 bridgehead atoms. The Morgan fingerprint density at radius 3 is 1.88 bits per heavy atom. The molecule has 0 atom stereocenters. The fraction of sp³-hybridized carbons (Fsp3) is 0.182. The van der Waals surface area contributed by atoms with Gasteiger partial charge in [0.1, 0.15) is 17.7 Å². The van der Waals surface area contributed by atoms with Crippen molar-refractivity contribution in [2.45, 2.75) is 6.92 Å². The van der Waals surface area contributed by atoms with E-state index in [1.54, 1.807) is 6.08 Å². The first-order valence-electron chi connectivity index (χ1n) is 8.46. The maximum Gasteiger partial charge on any atom is 0.130 e. The lowest BCUT2D eigenvalue weighted by atomic mass is 10.1. The smallest absolute Gasteiger partial charge is 0.130 e. The second-order valence-corrected chi connectivity index (χ2v) is 5.68. The first-order valence-corrected chi connectivity index (χ1v) is 8.46. The molecule has 0 heterocycles. The van der Waals surface area contributed by atoms with E-state index in [0.717, 1.165) is 28.9 Å². The van der Waals surface area contributed by atoms with Crippen molar-refractivity contribution in [3.63, 3.8) is 0 Å². The van der Waals surface area contributed by atoms with Gasteiger partial charge in [-0.3, -0.25) is 0 Å². The molecular formula is C22H21N3O. The van der Waals surface area contributed by atoms with Gasteiger partial charge < -0.3 is 10.0 Å². The van der Waals surface area contributed by atoms with Crippen LogP contribution in [0.2, 0.25) is 0 Å². The molecule has 0 amide bonds. The molecule has 0 unspecified atom stereocenters. The predicted octanol–water partition coefficient (Wildman–Crippen LogP) is 4.11. The molecule has 2 aromatic rings. The average Bonchev–Trinajstić information content (AvgIpc) is 2.70. The van der Waals surface area contributed by atoms with Gasteiger partial charge in [0.25, 0.3) is 0 Å². The third kappa shape index (κ3) is 5.34. The fourth-order valence-corrected chi connectivity index (χ4v) is 2.54. The van der Waals surface area contributed by atoms with Crippen molar-refractivity contribution in [3.8, 4) is 12.1 Å². The molecule has 0 aromatic heterocycles. The second-order valence-electron chi connectivity index (χ2n) is 5.68. The number of hydrogen-bond acceptors (Lipinski definition) is 4. The van der Waals surface area contributed by atoms with Crippen molar-refractivity contribution < 1.29 is 5.11 Å². The maximum atomic E-state index is 9.10. The largest absolute Gasteiger partial charge is 0.395 e. The van der Waals surface area contributed by atoms with Gasteiger partial charge in [0.2, 0.25) is 0 Å². The Morgan fingerprint density at radius 2 is 1.42 bits per heavy atom. The van der Waals surface area contributed by atoms with E-state index in [2.05, 4.69) is 36.1 Å². The van der Waals surface area contributed by atoms with Gasteiger partial charge in [0.15, 0.2) is 0 Å². The number of hydrogen-bond donors (Lipinski definition) is 1. The molecule has 4 heteroatoms. The minimum atomic E-state index is 0.0932. The van der Waals surface area contributed by atoms with Crippen LogP contribution in [0.15, 0.2) is 54.1 Å². The lowest BCUT2D eigenvalue weighted by molar-refractivity contribution is 0.302. The van der Waals surface area contributed by atoms with Crippen molar-refractivity contribution in [1.82, 2.24) is 0 Å². The molecule has 0 aliphatic rings. The molecule has 0 radical (unpaired) electrons. The van der Waals surface area contributed by atoms with Gasteiger partial charge in [0.05, 0.1) is 6.61 Å². The van der Waals surface area contributed by atoms with Gasteiger partial charge in [-0.15, -0.1) is 0 Å². The Kier molecular flexibility index (Phi) is 7.18. The van der Waals surface area contributed by atoms with E-state index in [1.807, 2.05) is 48.6 Å². The summed E-state index contributed by atoms with van der Waals surface area (Å²) >= 11 is 0. The molecule has 0 fully saturated rings. The third-order valence-electron chi connectivity index (χ3n) is 3.97. The Labute approximate surface area is 154 Å². The summed E-state index contributed by atoms with van der Waals surface area (Å²) in [6, 6.07) is 19.6. The van der Waals surface area contributed by atoms with Crippen molar-refractivity contribution >= 4 is 23.9 Å². The summed E-state index contributed by atoms with van der Waals surface area (Å²) in [5, 5.41) is 26.7. The van der Waals surface area contributed by atoms with Gasteiger partial charge in [-0.1, -0.05) is 48.6 Å². The van der Waals surface area contributed by atoms with Crippen LogP contribution in [0.25, 0.3) is 18.2 Å². The third-order valence-corrected chi connectivity index (χ3v) is 3.97. The SMILES string of the molecule is CCN(CCO)c1ccc(/C=C/c2ccc(C=C(C#N)C#N)cc2)cc1. The summed E-state index contributed by atoms with van der Waals surface area (Å²) in [4.78, 5) is 2.12. The quantitative estimate of drug-likeness (QED) is 0.607. The molecular weight excluding hydrogens is 322 g/mol. The maximum absolute atomic E-state index is 9.10. The number of allylic oxidation sites excluding steroid dienone is 1. The highest BCUT2D eigenvalue weighted by Crippen LogP contribution is 2.17. The number of nitrogens with zero attached hydrogens (tertiary/aromatic N) is 3. The van der Waals surface area contributed by atoms with E-state index in [-0.39, 0.29) is 12.2 Å². The average molecular weight is 343 g/mol. The van der Waals surface area contributed by atoms with E-state index >= 15 is 0 Å². The molecule has 4 nitrogen and oxygen atoms in total. The standard InChI is InChI=1S/C22H21N3O/c1-2-25(13-14-26)22-11-9-19(10-12-22)4-3-18-5-7-20(8-6-18)15-21(16-23)17-24/h3-12,15,26H,2,13-14H2,1H3/b4-3+. The minimum Gasteiger partial charge on any atom is -0.395 e. The Bertz CT molecular complexity index is 834. The highest BCUT2D eigenvalue weighted by Gasteiger charge is 2.02. The predicted molar refractivity (Wildman–Crippen MR) is 106 cm³/mol. The summed E-state index contributed by atoms with van der Waals surface area (Å²) < 4.78 is 0. The van der Waals surface area contributed by atoms with Gasteiger partial charge in [-0.25, -0.2) is 0 Å². The number of anilines is 1. The van der Waals surface area contributed by atoms with E-state index < -0.39 is 0 Å². The molecule has 0 aliphatic heterocycles. The molecule has 0 saturated heterocycles. The summed E-state index contributed by atoms with van der Waals surface area (Å²) in [5.74, 6) is 0. The molecule has 0 saturated carbocycles. The van der Waals surface area contributed by atoms with Crippen molar-refractivity contribution in [3.05, 3.63) is 70.8 Å². The zero-order valence-electron chi connectivity index (χ0n) is 14.8. The summed E-state index contributed by atoms with van der Waals surface area (Å²) in [7, 11) is 0. The molecule has 0 aliphatic carbocycles. The van der Waals surface area contributed by atoms with Crippen molar-refractivity contribution in [2.24, 2.45) is 0 Å². The number of nitriles is 2. The molecule has 2 aromatic carbocycles. The fourth-order valence-electron chi connectivity index (χ4n) is 2.54. The monoisotopic (exact) mass is 343 g/mol. The number of aliphatic hydroxyl groups excluding tert-OH is 1. The van der Waals surface area contributed by atoms with E-state index in [9.17, 15) is 0 Å². The first-order chi connectivity index (χ1) is 12.7. The second kappa shape index (κ2) is 9.84. The van der Waals surface area contributed by atoms with Crippen LogP contribution < -0.4 is 4.90 Å². The van der Waals surface area contributed by atoms with E-state index in [1.165, 1.54) is 0 Å². The van der Waals surface area contributed by atoms with Gasteiger partial charge >= 0.3 is 0 Å². The van der Waals surface area contributed by atoms with Gasteiger partial charge in [0, 0.05) is 18.8 Å². The first kappa shape index (κ1) is 19.0. The van der Waals surface area contributed by atoms with Crippen LogP contribution in [-0.2, 0) is 0 Å². The number of rotatable bonds is 7. The number of aliphatic hydroxyl groups is 1. The van der Waals surface area contributed by atoms with Crippen LogP contribution in [-0.4, -0.2) is 24.8 Å². The van der Waals surface area contributed by atoms with Crippen LogP contribution >= 0.6 is 0 Å². The molecule has 1 N–H and O–H groups in total. The van der Waals surface area contributed by atoms with Crippen molar-refractivity contribution in [2.75, 3.05) is 24.6 Å². The summed E-state index contributed by atoms with van der Waals surface area (Å²) in [6.07, 6.45) is 5.62. The van der Waals surface area contributed by atoms with E-state index in [4.69, 9.17) is 15.6 Å². The van der Waals surface area contributed by atoms with Crippen LogP contribution in [0.3, 0.4) is 0 Å². The zero-order chi connectivity index (χ0) is 18.8. The van der Waals surface area contributed by atoms with Crippen LogP contribution in [0.1, 0.15) is 23.6 Å². The van der Waals surface area contributed by atoms with Gasteiger partial charge in [-0.2, -0.15) is 10.5 Å². The summed E-state index contributed by atoms with van der Waals surface area (Å²) in [6.45, 7) is 3.70. The highest BCUT2D eigenvalue weighted by molar-refractivity contribution is 5.71. The Morgan fingerprint density at radius 1 is 0.923 bits per heavy atom. The Balaban J connectivity index is 2.07. The van der Waals surface area contributed by atoms with Crippen LogP contribution in [0.5, 0.6) is 0 Å².